The third-order valence-corrected chi connectivity index (χ3v) is 5.18. The standard InChI is InChI=1S/C24H15ClO6/c1-13-8-17(30-24(27)15-3-5-16(25)6-4-15)11-20-22(13)23(26)21(31-20)10-14-2-7-18-19(9-14)29-12-28-18/h2-11H,12H2,1H3/b21-10-. The molecule has 2 heterocycles. The number of allylic oxidation sites excluding steroid dienone is 1. The molecular formula is C24H15ClO6. The van der Waals surface area contributed by atoms with E-state index in [2.05, 4.69) is 0 Å². The number of halogens is 1. The van der Waals surface area contributed by atoms with Crippen molar-refractivity contribution in [2.75, 3.05) is 6.79 Å². The zero-order valence-electron chi connectivity index (χ0n) is 16.3. The summed E-state index contributed by atoms with van der Waals surface area (Å²) in [5.41, 5.74) is 2.20. The number of rotatable bonds is 3. The first-order valence-electron chi connectivity index (χ1n) is 9.44. The molecule has 31 heavy (non-hydrogen) atoms. The number of hydrogen-bond donors (Lipinski definition) is 0. The third-order valence-electron chi connectivity index (χ3n) is 4.93. The Balaban J connectivity index is 1.40. The molecule has 0 unspecified atom stereocenters. The summed E-state index contributed by atoms with van der Waals surface area (Å²) < 4.78 is 21.9. The Bertz CT molecular complexity index is 1260. The molecule has 3 aromatic rings. The number of carbonyl (C=O) groups is 2. The van der Waals surface area contributed by atoms with E-state index in [1.54, 1.807) is 55.5 Å². The van der Waals surface area contributed by atoms with Gasteiger partial charge in [-0.15, -0.1) is 0 Å². The molecule has 5 rings (SSSR count). The van der Waals surface area contributed by atoms with Gasteiger partial charge in [0.05, 0.1) is 11.1 Å². The molecule has 0 fully saturated rings. The summed E-state index contributed by atoms with van der Waals surface area (Å²) in [5, 5.41) is 0.526. The Labute approximate surface area is 182 Å². The Kier molecular flexibility index (Phi) is 4.64. The van der Waals surface area contributed by atoms with E-state index in [0.29, 0.717) is 39.0 Å². The summed E-state index contributed by atoms with van der Waals surface area (Å²) in [5.74, 6) is 1.32. The summed E-state index contributed by atoms with van der Waals surface area (Å²) in [7, 11) is 0. The van der Waals surface area contributed by atoms with Gasteiger partial charge in [0, 0.05) is 11.1 Å². The molecule has 3 aromatic carbocycles. The largest absolute Gasteiger partial charge is 0.454 e. The van der Waals surface area contributed by atoms with Gasteiger partial charge in [0.25, 0.3) is 0 Å². The number of ketones is 1. The maximum atomic E-state index is 12.9. The highest BCUT2D eigenvalue weighted by Crippen LogP contribution is 2.39. The SMILES string of the molecule is Cc1cc(OC(=O)c2ccc(Cl)cc2)cc2c1C(=O)/C(=C/c1ccc3c(c1)OCO3)O2. The van der Waals surface area contributed by atoms with Crippen LogP contribution in [0.2, 0.25) is 5.02 Å². The van der Waals surface area contributed by atoms with Crippen molar-refractivity contribution < 1.29 is 28.5 Å². The number of fused-ring (bicyclic) bond motifs is 2. The normalized spacial score (nSPS) is 15.0. The number of esters is 1. The summed E-state index contributed by atoms with van der Waals surface area (Å²) in [6, 6.07) is 14.9. The maximum absolute atomic E-state index is 12.9. The smallest absolute Gasteiger partial charge is 0.343 e. The van der Waals surface area contributed by atoms with Crippen molar-refractivity contribution >= 4 is 29.4 Å². The van der Waals surface area contributed by atoms with E-state index in [9.17, 15) is 9.59 Å². The van der Waals surface area contributed by atoms with Crippen LogP contribution in [0.5, 0.6) is 23.0 Å². The van der Waals surface area contributed by atoms with Crippen molar-refractivity contribution in [3.63, 3.8) is 0 Å². The molecule has 7 heteroatoms. The van der Waals surface area contributed by atoms with Crippen molar-refractivity contribution in [1.82, 2.24) is 0 Å². The first kappa shape index (κ1) is 19.2. The van der Waals surface area contributed by atoms with Crippen LogP contribution >= 0.6 is 11.6 Å². The highest BCUT2D eigenvalue weighted by molar-refractivity contribution is 6.30. The number of carbonyl (C=O) groups excluding carboxylic acids is 2. The van der Waals surface area contributed by atoms with Crippen molar-refractivity contribution in [1.29, 1.82) is 0 Å². The van der Waals surface area contributed by atoms with Gasteiger partial charge in [-0.05, 0) is 66.6 Å². The van der Waals surface area contributed by atoms with E-state index in [4.69, 9.17) is 30.5 Å². The Morgan fingerprint density at radius 2 is 1.77 bits per heavy atom. The molecule has 0 N–H and O–H groups in total. The summed E-state index contributed by atoms with van der Waals surface area (Å²) >= 11 is 5.86. The molecule has 0 amide bonds. The van der Waals surface area contributed by atoms with Gasteiger partial charge >= 0.3 is 5.97 Å². The van der Waals surface area contributed by atoms with E-state index >= 15 is 0 Å². The van der Waals surface area contributed by atoms with Crippen molar-refractivity contribution in [2.45, 2.75) is 6.92 Å². The number of hydrogen-bond acceptors (Lipinski definition) is 6. The lowest BCUT2D eigenvalue weighted by molar-refractivity contribution is 0.0734. The second-order valence-corrected chi connectivity index (χ2v) is 7.50. The minimum absolute atomic E-state index is 0.174. The Hall–Kier alpha value is -3.77. The molecule has 154 valence electrons. The van der Waals surface area contributed by atoms with Crippen molar-refractivity contribution in [3.8, 4) is 23.0 Å². The fourth-order valence-corrected chi connectivity index (χ4v) is 3.57. The lowest BCUT2D eigenvalue weighted by Crippen LogP contribution is -2.08. The van der Waals surface area contributed by atoms with E-state index in [1.165, 1.54) is 6.07 Å². The predicted octanol–water partition coefficient (Wildman–Crippen LogP) is 5.21. The van der Waals surface area contributed by atoms with Gasteiger partial charge in [-0.1, -0.05) is 17.7 Å². The van der Waals surface area contributed by atoms with Crippen LogP contribution in [-0.4, -0.2) is 18.5 Å². The van der Waals surface area contributed by atoms with Gasteiger partial charge in [-0.2, -0.15) is 0 Å². The van der Waals surface area contributed by atoms with Crippen molar-refractivity contribution in [2.24, 2.45) is 0 Å². The van der Waals surface area contributed by atoms with E-state index in [1.807, 2.05) is 6.07 Å². The van der Waals surface area contributed by atoms with Crippen molar-refractivity contribution in [3.05, 3.63) is 87.6 Å². The summed E-state index contributed by atoms with van der Waals surface area (Å²) in [6.45, 7) is 1.94. The average Bonchev–Trinajstić information content (AvgIpc) is 3.33. The summed E-state index contributed by atoms with van der Waals surface area (Å²) in [6.07, 6.45) is 1.64. The zero-order chi connectivity index (χ0) is 21.5. The molecule has 2 aliphatic heterocycles. The topological polar surface area (TPSA) is 71.1 Å². The van der Waals surface area contributed by atoms with Gasteiger partial charge in [0.2, 0.25) is 12.6 Å². The molecule has 0 atom stereocenters. The van der Waals surface area contributed by atoms with Crippen LogP contribution in [0, 0.1) is 6.92 Å². The van der Waals surface area contributed by atoms with Crippen LogP contribution in [0.25, 0.3) is 6.08 Å². The molecule has 0 radical (unpaired) electrons. The Morgan fingerprint density at radius 1 is 1.00 bits per heavy atom. The quantitative estimate of drug-likeness (QED) is 0.320. The van der Waals surface area contributed by atoms with Crippen LogP contribution in [0.1, 0.15) is 31.8 Å². The van der Waals surface area contributed by atoms with Crippen LogP contribution in [0.3, 0.4) is 0 Å². The summed E-state index contributed by atoms with van der Waals surface area (Å²) in [4.78, 5) is 25.3. The zero-order valence-corrected chi connectivity index (χ0v) is 17.1. The van der Waals surface area contributed by atoms with Crippen LogP contribution in [0.15, 0.2) is 60.4 Å². The molecule has 2 aliphatic rings. The number of benzene rings is 3. The fraction of sp³-hybridized carbons (Fsp3) is 0.0833. The van der Waals surface area contributed by atoms with Crippen LogP contribution in [0.4, 0.5) is 0 Å². The molecule has 0 saturated heterocycles. The minimum atomic E-state index is -0.531. The lowest BCUT2D eigenvalue weighted by atomic mass is 10.0. The second-order valence-electron chi connectivity index (χ2n) is 7.06. The molecule has 6 nitrogen and oxygen atoms in total. The van der Waals surface area contributed by atoms with Gasteiger partial charge in [0.15, 0.2) is 17.3 Å². The first-order chi connectivity index (χ1) is 15.0. The minimum Gasteiger partial charge on any atom is -0.454 e. The van der Waals surface area contributed by atoms with Crippen LogP contribution < -0.4 is 18.9 Å². The monoisotopic (exact) mass is 434 g/mol. The fourth-order valence-electron chi connectivity index (χ4n) is 3.44. The molecule has 0 aromatic heterocycles. The van der Waals surface area contributed by atoms with E-state index in [-0.39, 0.29) is 24.1 Å². The molecular weight excluding hydrogens is 420 g/mol. The first-order valence-corrected chi connectivity index (χ1v) is 9.82. The van der Waals surface area contributed by atoms with E-state index < -0.39 is 5.97 Å². The second kappa shape index (κ2) is 7.49. The average molecular weight is 435 g/mol. The highest BCUT2D eigenvalue weighted by atomic mass is 35.5. The number of aryl methyl sites for hydroxylation is 1. The molecule has 0 spiro atoms. The van der Waals surface area contributed by atoms with Gasteiger partial charge < -0.3 is 18.9 Å². The molecule has 0 aliphatic carbocycles. The third kappa shape index (κ3) is 3.62. The number of Topliss-reactive ketones (excluding diaryl/α,β-unsaturated/α-hetero) is 1. The van der Waals surface area contributed by atoms with Gasteiger partial charge in [-0.25, -0.2) is 4.79 Å². The maximum Gasteiger partial charge on any atom is 0.343 e. The van der Waals surface area contributed by atoms with E-state index in [0.717, 1.165) is 5.56 Å². The number of ether oxygens (including phenoxy) is 4. The highest BCUT2D eigenvalue weighted by Gasteiger charge is 2.30. The Morgan fingerprint density at radius 3 is 2.58 bits per heavy atom. The van der Waals surface area contributed by atoms with Gasteiger partial charge in [0.1, 0.15) is 11.5 Å². The predicted molar refractivity (Wildman–Crippen MR) is 113 cm³/mol. The van der Waals surface area contributed by atoms with Crippen LogP contribution in [-0.2, 0) is 0 Å². The molecule has 0 bridgehead atoms. The van der Waals surface area contributed by atoms with Gasteiger partial charge in [-0.3, -0.25) is 4.79 Å². The lowest BCUT2D eigenvalue weighted by Gasteiger charge is -2.08. The molecule has 0 saturated carbocycles.